The summed E-state index contributed by atoms with van der Waals surface area (Å²) in [5.74, 6) is 0. The molecule has 1 aromatic carbocycles. The molecule has 0 atom stereocenters. The third-order valence-electron chi connectivity index (χ3n) is 2.69. The Labute approximate surface area is 114 Å². The summed E-state index contributed by atoms with van der Waals surface area (Å²) in [4.78, 5) is 9.78. The van der Waals surface area contributed by atoms with Crippen LogP contribution in [0.25, 0.3) is 20.9 Å². The second kappa shape index (κ2) is 4.34. The molecule has 18 heavy (non-hydrogen) atoms. The number of halogens is 1. The van der Waals surface area contributed by atoms with Crippen LogP contribution in [0.1, 0.15) is 11.1 Å². The predicted octanol–water partition coefficient (Wildman–Crippen LogP) is 4.63. The Kier molecular flexibility index (Phi) is 2.80. The quantitative estimate of drug-likeness (QED) is 0.605. The minimum absolute atomic E-state index is 0.512. The van der Waals surface area contributed by atoms with Gasteiger partial charge >= 0.3 is 0 Å². The van der Waals surface area contributed by atoms with Crippen molar-refractivity contribution in [3.8, 4) is 10.6 Å². The predicted molar refractivity (Wildman–Crippen MR) is 77.3 cm³/mol. The Morgan fingerprint density at radius 3 is 2.44 bits per heavy atom. The van der Waals surface area contributed by atoms with Gasteiger partial charge in [0.25, 0.3) is 0 Å². The molecule has 0 aliphatic heterocycles. The van der Waals surface area contributed by atoms with Gasteiger partial charge in [-0.05, 0) is 38.1 Å². The van der Waals surface area contributed by atoms with E-state index in [1.54, 1.807) is 17.4 Å². The first-order chi connectivity index (χ1) is 8.61. The van der Waals surface area contributed by atoms with Crippen molar-refractivity contribution >= 4 is 33.3 Å². The van der Waals surface area contributed by atoms with Crippen LogP contribution in [-0.4, -0.2) is 9.97 Å². The van der Waals surface area contributed by atoms with Crippen LogP contribution in [0.4, 0.5) is 0 Å². The fraction of sp³-hybridized carbons (Fsp3) is 0.143. The number of thiazole rings is 1. The van der Waals surface area contributed by atoms with Gasteiger partial charge in [0.2, 0.25) is 0 Å². The van der Waals surface area contributed by atoms with Gasteiger partial charge in [-0.3, -0.25) is 0 Å². The van der Waals surface area contributed by atoms with E-state index in [-0.39, 0.29) is 0 Å². The van der Waals surface area contributed by atoms with E-state index in [0.29, 0.717) is 5.15 Å². The SMILES string of the molecule is Cc1cc(C)cc(-c2nc3ccc(Cl)nc3s2)c1. The van der Waals surface area contributed by atoms with Crippen LogP contribution in [0.2, 0.25) is 5.15 Å². The number of fused-ring (bicyclic) bond motifs is 1. The van der Waals surface area contributed by atoms with Gasteiger partial charge in [0, 0.05) is 5.56 Å². The van der Waals surface area contributed by atoms with E-state index in [2.05, 4.69) is 42.0 Å². The highest BCUT2D eigenvalue weighted by atomic mass is 35.5. The maximum Gasteiger partial charge on any atom is 0.145 e. The van der Waals surface area contributed by atoms with Crippen molar-refractivity contribution in [1.82, 2.24) is 9.97 Å². The molecule has 3 aromatic rings. The van der Waals surface area contributed by atoms with Crippen LogP contribution in [0.5, 0.6) is 0 Å². The van der Waals surface area contributed by atoms with Crippen molar-refractivity contribution in [1.29, 1.82) is 0 Å². The normalized spacial score (nSPS) is 11.1. The smallest absolute Gasteiger partial charge is 0.145 e. The van der Waals surface area contributed by atoms with Crippen molar-refractivity contribution in [2.24, 2.45) is 0 Å². The Morgan fingerprint density at radius 1 is 1.00 bits per heavy atom. The van der Waals surface area contributed by atoms with Crippen LogP contribution < -0.4 is 0 Å². The lowest BCUT2D eigenvalue weighted by atomic mass is 10.1. The first-order valence-corrected chi connectivity index (χ1v) is 6.83. The minimum Gasteiger partial charge on any atom is -0.234 e. The Morgan fingerprint density at radius 2 is 1.72 bits per heavy atom. The average molecular weight is 275 g/mol. The van der Waals surface area contributed by atoms with Gasteiger partial charge in [-0.1, -0.05) is 40.1 Å². The van der Waals surface area contributed by atoms with Crippen LogP contribution in [0, 0.1) is 13.8 Å². The number of aryl methyl sites for hydroxylation is 2. The van der Waals surface area contributed by atoms with Gasteiger partial charge in [-0.15, -0.1) is 0 Å². The molecule has 2 heterocycles. The van der Waals surface area contributed by atoms with E-state index in [1.807, 2.05) is 6.07 Å². The largest absolute Gasteiger partial charge is 0.234 e. The average Bonchev–Trinajstić information content (AvgIpc) is 2.70. The summed E-state index contributed by atoms with van der Waals surface area (Å²) in [5, 5.41) is 1.50. The molecule has 2 nitrogen and oxygen atoms in total. The molecule has 0 spiro atoms. The topological polar surface area (TPSA) is 25.8 Å². The fourth-order valence-corrected chi connectivity index (χ4v) is 3.14. The van der Waals surface area contributed by atoms with Crippen molar-refractivity contribution in [3.05, 3.63) is 46.6 Å². The Balaban J connectivity index is 2.19. The molecule has 0 saturated heterocycles. The zero-order chi connectivity index (χ0) is 12.7. The Bertz CT molecular complexity index is 713. The molecular formula is C14H11ClN2S. The highest BCUT2D eigenvalue weighted by Gasteiger charge is 2.08. The summed E-state index contributed by atoms with van der Waals surface area (Å²) in [7, 11) is 0. The number of rotatable bonds is 1. The van der Waals surface area contributed by atoms with E-state index in [1.165, 1.54) is 11.1 Å². The molecule has 0 unspecified atom stereocenters. The van der Waals surface area contributed by atoms with Crippen molar-refractivity contribution < 1.29 is 0 Å². The molecule has 4 heteroatoms. The molecule has 0 radical (unpaired) electrons. The van der Waals surface area contributed by atoms with E-state index in [4.69, 9.17) is 11.6 Å². The molecular weight excluding hydrogens is 264 g/mol. The van der Waals surface area contributed by atoms with Gasteiger partial charge in [0.1, 0.15) is 20.5 Å². The van der Waals surface area contributed by atoms with Crippen LogP contribution >= 0.6 is 22.9 Å². The highest BCUT2D eigenvalue weighted by Crippen LogP contribution is 2.30. The minimum atomic E-state index is 0.512. The molecule has 0 fully saturated rings. The van der Waals surface area contributed by atoms with Gasteiger partial charge in [-0.25, -0.2) is 9.97 Å². The zero-order valence-electron chi connectivity index (χ0n) is 10.1. The molecule has 0 bridgehead atoms. The molecule has 3 rings (SSSR count). The fourth-order valence-electron chi connectivity index (χ4n) is 2.02. The molecule has 0 aliphatic rings. The molecule has 2 aromatic heterocycles. The summed E-state index contributed by atoms with van der Waals surface area (Å²) < 4.78 is 0. The maximum atomic E-state index is 5.89. The van der Waals surface area contributed by atoms with Gasteiger partial charge in [-0.2, -0.15) is 0 Å². The van der Waals surface area contributed by atoms with E-state index in [0.717, 1.165) is 20.9 Å². The van der Waals surface area contributed by atoms with Gasteiger partial charge in [0.15, 0.2) is 0 Å². The number of benzene rings is 1. The van der Waals surface area contributed by atoms with Crippen molar-refractivity contribution in [2.75, 3.05) is 0 Å². The lowest BCUT2D eigenvalue weighted by Gasteiger charge is -2.00. The standard InChI is InChI=1S/C14H11ClN2S/c1-8-5-9(2)7-10(6-8)13-16-11-3-4-12(15)17-14(11)18-13/h3-7H,1-2H3. The number of hydrogen-bond donors (Lipinski definition) is 0. The van der Waals surface area contributed by atoms with Crippen LogP contribution in [0.3, 0.4) is 0 Å². The highest BCUT2D eigenvalue weighted by molar-refractivity contribution is 7.21. The number of hydrogen-bond acceptors (Lipinski definition) is 3. The molecule has 0 saturated carbocycles. The summed E-state index contributed by atoms with van der Waals surface area (Å²) >= 11 is 7.47. The summed E-state index contributed by atoms with van der Waals surface area (Å²) in [6.07, 6.45) is 0. The third kappa shape index (κ3) is 2.11. The van der Waals surface area contributed by atoms with Crippen molar-refractivity contribution in [3.63, 3.8) is 0 Å². The van der Waals surface area contributed by atoms with E-state index >= 15 is 0 Å². The Hall–Kier alpha value is -1.45. The number of nitrogens with zero attached hydrogens (tertiary/aromatic N) is 2. The molecule has 90 valence electrons. The van der Waals surface area contributed by atoms with Crippen molar-refractivity contribution in [2.45, 2.75) is 13.8 Å². The molecule has 0 amide bonds. The van der Waals surface area contributed by atoms with E-state index < -0.39 is 0 Å². The van der Waals surface area contributed by atoms with Gasteiger partial charge < -0.3 is 0 Å². The third-order valence-corrected chi connectivity index (χ3v) is 3.91. The first kappa shape index (κ1) is 11.6. The van der Waals surface area contributed by atoms with Crippen LogP contribution in [0.15, 0.2) is 30.3 Å². The monoisotopic (exact) mass is 274 g/mol. The van der Waals surface area contributed by atoms with E-state index in [9.17, 15) is 0 Å². The second-order valence-electron chi connectivity index (χ2n) is 4.35. The lowest BCUT2D eigenvalue weighted by molar-refractivity contribution is 1.36. The zero-order valence-corrected chi connectivity index (χ0v) is 11.6. The second-order valence-corrected chi connectivity index (χ2v) is 5.72. The molecule has 0 N–H and O–H groups in total. The summed E-state index contributed by atoms with van der Waals surface area (Å²) in [5.41, 5.74) is 4.54. The summed E-state index contributed by atoms with van der Waals surface area (Å²) in [6, 6.07) is 10.1. The first-order valence-electron chi connectivity index (χ1n) is 5.63. The lowest BCUT2D eigenvalue weighted by Crippen LogP contribution is -1.81. The van der Waals surface area contributed by atoms with Crippen LogP contribution in [-0.2, 0) is 0 Å². The number of aromatic nitrogens is 2. The van der Waals surface area contributed by atoms with Gasteiger partial charge in [0.05, 0.1) is 0 Å². The maximum absolute atomic E-state index is 5.89. The number of pyridine rings is 1. The molecule has 0 aliphatic carbocycles. The summed E-state index contributed by atoms with van der Waals surface area (Å²) in [6.45, 7) is 4.19.